The molecule has 4 fully saturated rings. The van der Waals surface area contributed by atoms with Crippen molar-refractivity contribution < 1.29 is 38.6 Å². The maximum atomic E-state index is 14.3. The number of aromatic nitrogens is 2. The zero-order valence-corrected chi connectivity index (χ0v) is 33.8. The third-order valence-electron chi connectivity index (χ3n) is 12.2. The Morgan fingerprint density at radius 1 is 0.915 bits per heavy atom. The van der Waals surface area contributed by atoms with Gasteiger partial charge in [0.15, 0.2) is 6.10 Å². The van der Waals surface area contributed by atoms with Crippen LogP contribution >= 0.6 is 0 Å². The third-order valence-corrected chi connectivity index (χ3v) is 12.2. The molecule has 0 spiro atoms. The predicted molar refractivity (Wildman–Crippen MR) is 216 cm³/mol. The second-order valence-corrected chi connectivity index (χ2v) is 16.8. The summed E-state index contributed by atoms with van der Waals surface area (Å²) in [6.45, 7) is 5.28. The lowest BCUT2D eigenvalue weighted by Gasteiger charge is -2.57. The summed E-state index contributed by atoms with van der Waals surface area (Å²) in [5, 5.41) is 24.1. The quantitative estimate of drug-likeness (QED) is 0.150. The highest BCUT2D eigenvalue weighted by molar-refractivity contribution is 6.00. The molecule has 5 N–H and O–H groups in total. The van der Waals surface area contributed by atoms with Crippen molar-refractivity contribution in [1.82, 2.24) is 41.0 Å². The lowest BCUT2D eigenvalue weighted by Crippen LogP contribution is -2.80. The number of fused-ring (bicyclic) bond motifs is 1. The molecule has 7 rings (SSSR count). The highest BCUT2D eigenvalue weighted by atomic mass is 16.6. The fraction of sp³-hybridized carbons (Fsp3) is 0.535. The largest absolute Gasteiger partial charge is 0.415 e. The lowest BCUT2D eigenvalue weighted by atomic mass is 9.77. The van der Waals surface area contributed by atoms with Gasteiger partial charge in [-0.25, -0.2) is 9.78 Å². The minimum absolute atomic E-state index is 0.0103. The van der Waals surface area contributed by atoms with Gasteiger partial charge in [-0.2, -0.15) is 0 Å². The Morgan fingerprint density at radius 2 is 1.66 bits per heavy atom. The monoisotopic (exact) mass is 810 g/mol. The van der Waals surface area contributed by atoms with E-state index >= 15 is 0 Å². The number of amides is 6. The van der Waals surface area contributed by atoms with Gasteiger partial charge in [-0.1, -0.05) is 69.0 Å². The number of carbonyl (C=O) groups excluding carboxylic acids is 6. The van der Waals surface area contributed by atoms with Gasteiger partial charge in [-0.15, -0.1) is 0 Å². The highest BCUT2D eigenvalue weighted by Gasteiger charge is 2.61. The van der Waals surface area contributed by atoms with Crippen molar-refractivity contribution >= 4 is 46.4 Å². The van der Waals surface area contributed by atoms with Gasteiger partial charge >= 0.3 is 6.09 Å². The first kappa shape index (κ1) is 41.5. The topological polar surface area (TPSA) is 212 Å². The summed E-state index contributed by atoms with van der Waals surface area (Å²) in [5.74, 6) is -3.38. The highest BCUT2D eigenvalue weighted by Crippen LogP contribution is 2.40. The molecule has 3 aromatic rings. The average molecular weight is 811 g/mol. The fourth-order valence-electron chi connectivity index (χ4n) is 8.86. The van der Waals surface area contributed by atoms with Gasteiger partial charge in [0.25, 0.3) is 11.8 Å². The second kappa shape index (κ2) is 17.7. The molecule has 16 nitrogen and oxygen atoms in total. The van der Waals surface area contributed by atoms with Crippen LogP contribution in [-0.4, -0.2) is 115 Å². The van der Waals surface area contributed by atoms with E-state index in [1.165, 1.54) is 28.4 Å². The van der Waals surface area contributed by atoms with E-state index in [-0.39, 0.29) is 30.7 Å². The maximum absolute atomic E-state index is 14.3. The number of aliphatic hydroxyl groups is 1. The molecule has 1 unspecified atom stereocenters. The average Bonchev–Trinajstić information content (AvgIpc) is 3.96. The number of rotatable bonds is 14. The van der Waals surface area contributed by atoms with Crippen LogP contribution < -0.4 is 26.0 Å². The Balaban J connectivity index is 1.11. The third kappa shape index (κ3) is 9.02. The summed E-state index contributed by atoms with van der Waals surface area (Å²) in [5.41, 5.74) is -0.969. The molecule has 314 valence electrons. The molecular formula is C43H54N8O8. The molecule has 2 aromatic carbocycles. The number of likely N-dealkylation sites (tertiary alicyclic amines) is 2. The van der Waals surface area contributed by atoms with Crippen molar-refractivity contribution in [1.29, 1.82) is 0 Å². The van der Waals surface area contributed by atoms with E-state index in [1.54, 1.807) is 26.0 Å². The smallest absolute Gasteiger partial charge is 0.410 e. The number of carbonyl (C=O) groups is 6. The summed E-state index contributed by atoms with van der Waals surface area (Å²) in [6, 6.07) is 9.16. The van der Waals surface area contributed by atoms with Gasteiger partial charge in [0.05, 0.1) is 29.7 Å². The lowest BCUT2D eigenvalue weighted by molar-refractivity contribution is -0.170. The Kier molecular flexibility index (Phi) is 12.4. The fourth-order valence-corrected chi connectivity index (χ4v) is 8.86. The van der Waals surface area contributed by atoms with Crippen LogP contribution in [0.15, 0.2) is 61.1 Å². The summed E-state index contributed by atoms with van der Waals surface area (Å²) < 4.78 is 5.91. The van der Waals surface area contributed by atoms with Crippen LogP contribution in [0.2, 0.25) is 0 Å². The van der Waals surface area contributed by atoms with Crippen LogP contribution in [-0.2, 0) is 19.2 Å². The van der Waals surface area contributed by atoms with Gasteiger partial charge in [0.2, 0.25) is 17.7 Å². The molecular weight excluding hydrogens is 757 g/mol. The molecule has 6 atom stereocenters. The number of ether oxygens (including phenoxy) is 1. The summed E-state index contributed by atoms with van der Waals surface area (Å²) >= 11 is 0. The molecule has 2 aliphatic heterocycles. The van der Waals surface area contributed by atoms with Crippen LogP contribution in [0.4, 0.5) is 4.79 Å². The second-order valence-electron chi connectivity index (χ2n) is 16.8. The van der Waals surface area contributed by atoms with E-state index in [0.717, 1.165) is 55.7 Å². The molecule has 0 bridgehead atoms. The predicted octanol–water partition coefficient (Wildman–Crippen LogP) is 2.84. The zero-order chi connectivity index (χ0) is 41.8. The first-order chi connectivity index (χ1) is 28.4. The number of β-lactam (4-membered cyclic amide) rings is 1. The van der Waals surface area contributed by atoms with E-state index in [0.29, 0.717) is 18.6 Å². The van der Waals surface area contributed by atoms with Gasteiger partial charge in [0, 0.05) is 36.9 Å². The summed E-state index contributed by atoms with van der Waals surface area (Å²) in [7, 11) is 0. The standard InChI is InChI=1S/C43H54N8O8/c1-4-11-30(35(52)40(56)46-27-18-19-27)47-37(53)29-23-50(42(58)59-33-17-10-15-25-12-8-9-16-28(25)33)24-32(29)51-41(57)36(43(51,2)3)49-39(55)34(26-13-6-5-7-14-26)48-38(54)31-22-44-20-21-45-31/h8-10,12,15-17,20-22,26-27,29-30,32,34-36,52H,4-7,11,13-14,18-19,23-24H2,1-3H3,(H,46,56)(H,47,53)(H,48,54)(H,49,55)/t29-,30+,32+,34+,35?,36-/m1/s1. The molecule has 2 aliphatic carbocycles. The molecule has 0 radical (unpaired) electrons. The van der Waals surface area contributed by atoms with E-state index in [1.807, 2.05) is 37.3 Å². The maximum Gasteiger partial charge on any atom is 0.415 e. The Labute approximate surface area is 343 Å². The van der Waals surface area contributed by atoms with Crippen LogP contribution in [0.5, 0.6) is 5.75 Å². The van der Waals surface area contributed by atoms with Crippen molar-refractivity contribution in [3.05, 3.63) is 66.7 Å². The van der Waals surface area contributed by atoms with Crippen molar-refractivity contribution in [2.45, 2.75) is 120 Å². The van der Waals surface area contributed by atoms with Gasteiger partial charge in [0.1, 0.15) is 23.5 Å². The van der Waals surface area contributed by atoms with E-state index in [2.05, 4.69) is 31.2 Å². The van der Waals surface area contributed by atoms with E-state index in [4.69, 9.17) is 4.74 Å². The number of nitrogens with zero attached hydrogens (tertiary/aromatic N) is 4. The van der Waals surface area contributed by atoms with Crippen LogP contribution in [0.1, 0.15) is 89.0 Å². The van der Waals surface area contributed by atoms with Gasteiger partial charge in [-0.05, 0) is 63.3 Å². The number of nitrogens with one attached hydrogen (secondary N) is 4. The molecule has 2 saturated carbocycles. The first-order valence-electron chi connectivity index (χ1n) is 20.8. The van der Waals surface area contributed by atoms with Crippen LogP contribution in [0.25, 0.3) is 10.8 Å². The van der Waals surface area contributed by atoms with Crippen molar-refractivity contribution in [2.24, 2.45) is 11.8 Å². The zero-order valence-electron chi connectivity index (χ0n) is 33.8. The summed E-state index contributed by atoms with van der Waals surface area (Å²) in [4.78, 5) is 93.7. The van der Waals surface area contributed by atoms with E-state index < -0.39 is 77.4 Å². The van der Waals surface area contributed by atoms with Gasteiger partial charge in [-0.3, -0.25) is 29.0 Å². The molecule has 1 aromatic heterocycles. The normalized spacial score (nSPS) is 23.1. The van der Waals surface area contributed by atoms with Crippen molar-refractivity contribution in [3.8, 4) is 5.75 Å². The van der Waals surface area contributed by atoms with Crippen molar-refractivity contribution in [3.63, 3.8) is 0 Å². The Morgan fingerprint density at radius 3 is 2.36 bits per heavy atom. The number of benzene rings is 2. The number of aliphatic hydroxyl groups excluding tert-OH is 1. The minimum Gasteiger partial charge on any atom is -0.410 e. The summed E-state index contributed by atoms with van der Waals surface area (Å²) in [6.07, 6.45) is 8.80. The minimum atomic E-state index is -1.50. The van der Waals surface area contributed by atoms with Crippen LogP contribution in [0, 0.1) is 11.8 Å². The Bertz CT molecular complexity index is 2050. The van der Waals surface area contributed by atoms with Crippen LogP contribution in [0.3, 0.4) is 0 Å². The SMILES string of the molecule is CCC[C@H](NC(=O)[C@@H]1CN(C(=O)Oc2cccc3ccccc23)C[C@@H]1N1C(=O)[C@@H](NC(=O)[C@@H](NC(=O)c2cnccn2)C2CCCCC2)C1(C)C)C(O)C(=O)NC1CC1. The molecule has 2 saturated heterocycles. The molecule has 16 heteroatoms. The number of hydrogen-bond acceptors (Lipinski definition) is 10. The molecule has 4 aliphatic rings. The van der Waals surface area contributed by atoms with E-state index in [9.17, 15) is 33.9 Å². The molecule has 6 amide bonds. The Hall–Kier alpha value is -5.64. The van der Waals surface area contributed by atoms with Gasteiger partial charge < -0.3 is 40.9 Å². The first-order valence-corrected chi connectivity index (χ1v) is 20.8. The molecule has 59 heavy (non-hydrogen) atoms. The van der Waals surface area contributed by atoms with Crippen molar-refractivity contribution in [2.75, 3.05) is 13.1 Å². The number of hydrogen-bond donors (Lipinski definition) is 5. The molecule has 3 heterocycles.